The number of hydrogen-bond acceptors (Lipinski definition) is 3. The van der Waals surface area contributed by atoms with Crippen molar-refractivity contribution in [2.24, 2.45) is 5.73 Å². The second kappa shape index (κ2) is 4.33. The summed E-state index contributed by atoms with van der Waals surface area (Å²) in [6.07, 6.45) is 0. The Labute approximate surface area is 74.3 Å². The van der Waals surface area contributed by atoms with Gasteiger partial charge in [-0.15, -0.1) is 12.4 Å². The van der Waals surface area contributed by atoms with Crippen molar-refractivity contribution < 1.29 is 9.90 Å². The van der Waals surface area contributed by atoms with Crippen molar-refractivity contribution in [3.63, 3.8) is 0 Å². The molecule has 0 aliphatic heterocycles. The van der Waals surface area contributed by atoms with Crippen LogP contribution in [-0.4, -0.2) is 11.1 Å². The van der Waals surface area contributed by atoms with Gasteiger partial charge >= 0.3 is 5.97 Å². The predicted octanol–water partition coefficient (Wildman–Crippen LogP) is 1.33. The van der Waals surface area contributed by atoms with Gasteiger partial charge < -0.3 is 10.8 Å². The smallest absolute Gasteiger partial charge is 0.336 e. The molecular weight excluding hydrogens is 186 g/mol. The lowest BCUT2D eigenvalue weighted by Crippen LogP contribution is -2.03. The second-order valence-electron chi connectivity index (χ2n) is 1.82. The van der Waals surface area contributed by atoms with Crippen molar-refractivity contribution in [1.82, 2.24) is 0 Å². The van der Waals surface area contributed by atoms with Gasteiger partial charge in [0.05, 0.1) is 5.56 Å². The van der Waals surface area contributed by atoms with Gasteiger partial charge in [-0.2, -0.15) is 11.3 Å². The monoisotopic (exact) mass is 193 g/mol. The van der Waals surface area contributed by atoms with Gasteiger partial charge in [-0.05, 0) is 10.9 Å². The van der Waals surface area contributed by atoms with Gasteiger partial charge in [0.15, 0.2) is 0 Å². The standard InChI is InChI=1S/C6H7NO2S.ClH/c7-1-4-2-10-3-5(4)6(8)9;/h2-3H,1,7H2,(H,8,9);1H. The third kappa shape index (κ3) is 2.18. The summed E-state index contributed by atoms with van der Waals surface area (Å²) >= 11 is 1.36. The predicted molar refractivity (Wildman–Crippen MR) is 46.4 cm³/mol. The topological polar surface area (TPSA) is 63.3 Å². The van der Waals surface area contributed by atoms with Gasteiger partial charge in [0, 0.05) is 11.9 Å². The molecule has 0 unspecified atom stereocenters. The third-order valence-corrected chi connectivity index (χ3v) is 1.98. The average Bonchev–Trinajstić information content (AvgIpc) is 2.33. The fourth-order valence-electron chi connectivity index (χ4n) is 0.669. The van der Waals surface area contributed by atoms with Crippen LogP contribution in [0.3, 0.4) is 0 Å². The number of hydrogen-bond donors (Lipinski definition) is 2. The molecule has 0 bridgehead atoms. The molecule has 3 nitrogen and oxygen atoms in total. The Bertz CT molecular complexity index is 248. The lowest BCUT2D eigenvalue weighted by Gasteiger charge is -1.91. The van der Waals surface area contributed by atoms with E-state index in [2.05, 4.69) is 0 Å². The van der Waals surface area contributed by atoms with Crippen LogP contribution in [0.1, 0.15) is 15.9 Å². The number of halogens is 1. The maximum absolute atomic E-state index is 10.4. The number of carbonyl (C=O) groups is 1. The molecule has 1 aromatic rings. The van der Waals surface area contributed by atoms with E-state index in [0.717, 1.165) is 0 Å². The minimum atomic E-state index is -0.901. The molecular formula is C6H8ClNO2S. The first-order chi connectivity index (χ1) is 4.75. The van der Waals surface area contributed by atoms with Crippen molar-refractivity contribution in [3.05, 3.63) is 21.9 Å². The highest BCUT2D eigenvalue weighted by Gasteiger charge is 2.08. The fraction of sp³-hybridized carbons (Fsp3) is 0.167. The number of thiophene rings is 1. The molecule has 0 atom stereocenters. The lowest BCUT2D eigenvalue weighted by atomic mass is 10.2. The van der Waals surface area contributed by atoms with Crippen LogP contribution < -0.4 is 5.73 Å². The number of carboxylic acids is 1. The number of carboxylic acid groups (broad SMARTS) is 1. The highest BCUT2D eigenvalue weighted by atomic mass is 35.5. The Hall–Kier alpha value is -0.580. The number of rotatable bonds is 2. The van der Waals surface area contributed by atoms with Crippen molar-refractivity contribution in [2.45, 2.75) is 6.54 Å². The molecule has 1 heterocycles. The molecule has 5 heteroatoms. The summed E-state index contributed by atoms with van der Waals surface area (Å²) in [5.41, 5.74) is 6.31. The van der Waals surface area contributed by atoms with Crippen LogP contribution in [0.15, 0.2) is 10.8 Å². The largest absolute Gasteiger partial charge is 0.478 e. The summed E-state index contributed by atoms with van der Waals surface area (Å²) in [5.74, 6) is -0.901. The summed E-state index contributed by atoms with van der Waals surface area (Å²) < 4.78 is 0. The van der Waals surface area contributed by atoms with Crippen molar-refractivity contribution in [3.8, 4) is 0 Å². The van der Waals surface area contributed by atoms with Gasteiger partial charge in [-0.25, -0.2) is 4.79 Å². The van der Waals surface area contributed by atoms with E-state index in [-0.39, 0.29) is 12.4 Å². The molecule has 0 aliphatic carbocycles. The highest BCUT2D eigenvalue weighted by Crippen LogP contribution is 2.13. The van der Waals surface area contributed by atoms with E-state index >= 15 is 0 Å². The Morgan fingerprint density at radius 3 is 2.64 bits per heavy atom. The summed E-state index contributed by atoms with van der Waals surface area (Å²) in [4.78, 5) is 10.4. The third-order valence-electron chi connectivity index (χ3n) is 1.19. The second-order valence-corrected chi connectivity index (χ2v) is 2.56. The molecule has 1 aromatic heterocycles. The van der Waals surface area contributed by atoms with E-state index in [1.165, 1.54) is 11.3 Å². The molecule has 0 radical (unpaired) electrons. The molecule has 62 valence electrons. The van der Waals surface area contributed by atoms with Crippen LogP contribution in [0, 0.1) is 0 Å². The minimum absolute atomic E-state index is 0. The molecule has 3 N–H and O–H groups in total. The molecule has 1 rings (SSSR count). The normalized spacial score (nSPS) is 8.82. The molecule has 0 fully saturated rings. The van der Waals surface area contributed by atoms with Crippen LogP contribution in [0.5, 0.6) is 0 Å². The molecule has 0 spiro atoms. The summed E-state index contributed by atoms with van der Waals surface area (Å²) in [7, 11) is 0. The zero-order valence-electron chi connectivity index (χ0n) is 5.61. The van der Waals surface area contributed by atoms with Crippen molar-refractivity contribution >= 4 is 29.7 Å². The first-order valence-electron chi connectivity index (χ1n) is 2.74. The molecule has 11 heavy (non-hydrogen) atoms. The Balaban J connectivity index is 0.000001000. The molecule has 0 aromatic carbocycles. The van der Waals surface area contributed by atoms with Gasteiger partial charge in [0.25, 0.3) is 0 Å². The highest BCUT2D eigenvalue weighted by molar-refractivity contribution is 7.08. The van der Waals surface area contributed by atoms with Gasteiger partial charge in [0.1, 0.15) is 0 Å². The Morgan fingerprint density at radius 2 is 2.27 bits per heavy atom. The van der Waals surface area contributed by atoms with Crippen LogP contribution in [0.4, 0.5) is 0 Å². The zero-order chi connectivity index (χ0) is 7.56. The molecule has 0 amide bonds. The molecule has 0 aliphatic rings. The summed E-state index contributed by atoms with van der Waals surface area (Å²) in [5, 5.41) is 11.9. The van der Waals surface area contributed by atoms with Gasteiger partial charge in [-0.1, -0.05) is 0 Å². The fourth-order valence-corrected chi connectivity index (χ4v) is 1.51. The Morgan fingerprint density at radius 1 is 1.64 bits per heavy atom. The van der Waals surface area contributed by atoms with Crippen LogP contribution in [-0.2, 0) is 6.54 Å². The van der Waals surface area contributed by atoms with E-state index in [4.69, 9.17) is 10.8 Å². The summed E-state index contributed by atoms with van der Waals surface area (Å²) in [6.45, 7) is 0.297. The average molecular weight is 194 g/mol. The van der Waals surface area contributed by atoms with Crippen LogP contribution in [0.25, 0.3) is 0 Å². The lowest BCUT2D eigenvalue weighted by molar-refractivity contribution is 0.0696. The molecule has 0 saturated heterocycles. The van der Waals surface area contributed by atoms with Crippen LogP contribution >= 0.6 is 23.7 Å². The minimum Gasteiger partial charge on any atom is -0.478 e. The number of nitrogens with two attached hydrogens (primary N) is 1. The Kier molecular flexibility index (Phi) is 4.10. The first-order valence-corrected chi connectivity index (χ1v) is 3.68. The number of aromatic carboxylic acids is 1. The van der Waals surface area contributed by atoms with Gasteiger partial charge in [-0.3, -0.25) is 0 Å². The van der Waals surface area contributed by atoms with Crippen molar-refractivity contribution in [1.29, 1.82) is 0 Å². The molecule has 0 saturated carbocycles. The van der Waals surface area contributed by atoms with Crippen LogP contribution in [0.2, 0.25) is 0 Å². The SMILES string of the molecule is Cl.NCc1cscc1C(=O)O. The van der Waals surface area contributed by atoms with E-state index in [9.17, 15) is 4.79 Å². The zero-order valence-corrected chi connectivity index (χ0v) is 7.24. The van der Waals surface area contributed by atoms with E-state index in [0.29, 0.717) is 17.7 Å². The quantitative estimate of drug-likeness (QED) is 0.745. The van der Waals surface area contributed by atoms with Gasteiger partial charge in [0.2, 0.25) is 0 Å². The first kappa shape index (κ1) is 10.4. The van der Waals surface area contributed by atoms with E-state index in [1.54, 1.807) is 10.8 Å². The maximum atomic E-state index is 10.4. The van der Waals surface area contributed by atoms with Crippen molar-refractivity contribution in [2.75, 3.05) is 0 Å². The maximum Gasteiger partial charge on any atom is 0.336 e. The van der Waals surface area contributed by atoms with E-state index in [1.807, 2.05) is 0 Å². The summed E-state index contributed by atoms with van der Waals surface area (Å²) in [6, 6.07) is 0. The van der Waals surface area contributed by atoms with E-state index < -0.39 is 5.97 Å².